The van der Waals surface area contributed by atoms with E-state index in [9.17, 15) is 9.59 Å². The zero-order valence-electron chi connectivity index (χ0n) is 15.7. The minimum atomic E-state index is -0.558. The fourth-order valence-electron chi connectivity index (χ4n) is 2.74. The molecule has 0 radical (unpaired) electrons. The number of amides is 1. The Morgan fingerprint density at radius 2 is 1.96 bits per heavy atom. The summed E-state index contributed by atoms with van der Waals surface area (Å²) in [6.07, 6.45) is 0. The number of thiazole rings is 1. The molecule has 28 heavy (non-hydrogen) atoms. The molecule has 7 nitrogen and oxygen atoms in total. The van der Waals surface area contributed by atoms with Crippen molar-refractivity contribution in [1.29, 1.82) is 0 Å². The second kappa shape index (κ2) is 8.71. The number of benzene rings is 2. The van der Waals surface area contributed by atoms with Crippen LogP contribution in [0.3, 0.4) is 0 Å². The van der Waals surface area contributed by atoms with E-state index in [2.05, 4.69) is 10.3 Å². The first-order chi connectivity index (χ1) is 13.5. The maximum Gasteiger partial charge on any atom is 0.338 e. The predicted octanol–water partition coefficient (Wildman–Crippen LogP) is 3.35. The van der Waals surface area contributed by atoms with E-state index in [1.54, 1.807) is 56.1 Å². The number of ether oxygens (including phenoxy) is 3. The average molecular weight is 400 g/mol. The van der Waals surface area contributed by atoms with Gasteiger partial charge >= 0.3 is 5.97 Å². The molecule has 8 heteroatoms. The van der Waals surface area contributed by atoms with E-state index in [1.807, 2.05) is 6.92 Å². The molecule has 1 aromatic heterocycles. The summed E-state index contributed by atoms with van der Waals surface area (Å²) in [7, 11) is 3.12. The summed E-state index contributed by atoms with van der Waals surface area (Å²) in [4.78, 5) is 28.6. The van der Waals surface area contributed by atoms with Crippen LogP contribution in [-0.4, -0.2) is 37.7 Å². The maximum atomic E-state index is 12.2. The summed E-state index contributed by atoms with van der Waals surface area (Å²) >= 11 is 1.44. The van der Waals surface area contributed by atoms with Gasteiger partial charge in [-0.1, -0.05) is 0 Å². The Hall–Kier alpha value is -3.13. The highest BCUT2D eigenvalue weighted by Crippen LogP contribution is 2.29. The summed E-state index contributed by atoms with van der Waals surface area (Å²) in [5.74, 6) is 0.312. The number of nitrogens with zero attached hydrogens (tertiary/aromatic N) is 1. The summed E-state index contributed by atoms with van der Waals surface area (Å²) in [5, 5.41) is 2.79. The molecule has 3 aromatic rings. The van der Waals surface area contributed by atoms with Crippen molar-refractivity contribution in [2.45, 2.75) is 13.0 Å². The molecule has 0 saturated heterocycles. The van der Waals surface area contributed by atoms with Gasteiger partial charge in [-0.3, -0.25) is 4.79 Å². The topological polar surface area (TPSA) is 86.8 Å². The fraction of sp³-hybridized carbons (Fsp3) is 0.250. The quantitative estimate of drug-likeness (QED) is 0.612. The van der Waals surface area contributed by atoms with Crippen LogP contribution in [0.1, 0.15) is 28.9 Å². The van der Waals surface area contributed by atoms with Gasteiger partial charge in [0.25, 0.3) is 5.91 Å². The molecule has 1 amide bonds. The average Bonchev–Trinajstić information content (AvgIpc) is 3.19. The third-order valence-corrected chi connectivity index (χ3v) is 4.97. The van der Waals surface area contributed by atoms with Gasteiger partial charge in [0, 0.05) is 5.56 Å². The molecule has 0 aliphatic carbocycles. The molecule has 0 fully saturated rings. The second-order valence-electron chi connectivity index (χ2n) is 6.01. The zero-order valence-corrected chi connectivity index (χ0v) is 16.5. The number of carbonyl (C=O) groups is 2. The van der Waals surface area contributed by atoms with E-state index in [1.165, 1.54) is 11.3 Å². The van der Waals surface area contributed by atoms with E-state index in [4.69, 9.17) is 14.2 Å². The Morgan fingerprint density at radius 3 is 2.71 bits per heavy atom. The molecule has 146 valence electrons. The van der Waals surface area contributed by atoms with Gasteiger partial charge < -0.3 is 19.5 Å². The molecule has 0 unspecified atom stereocenters. The number of aromatic nitrogens is 1. The van der Waals surface area contributed by atoms with Crippen molar-refractivity contribution in [3.05, 3.63) is 53.0 Å². The van der Waals surface area contributed by atoms with Gasteiger partial charge in [0.15, 0.2) is 6.61 Å². The van der Waals surface area contributed by atoms with Gasteiger partial charge in [-0.05, 0) is 43.3 Å². The van der Waals surface area contributed by atoms with Gasteiger partial charge in [-0.25, -0.2) is 9.78 Å². The number of nitrogens with one attached hydrogen (secondary N) is 1. The molecule has 0 saturated carbocycles. The molecular weight excluding hydrogens is 380 g/mol. The van der Waals surface area contributed by atoms with Crippen molar-refractivity contribution in [3.8, 4) is 11.5 Å². The van der Waals surface area contributed by atoms with E-state index < -0.39 is 11.9 Å². The highest BCUT2D eigenvalue weighted by molar-refractivity contribution is 7.16. The molecule has 1 N–H and O–H groups in total. The van der Waals surface area contributed by atoms with Crippen LogP contribution in [0.2, 0.25) is 0 Å². The van der Waals surface area contributed by atoms with E-state index in [0.29, 0.717) is 17.1 Å². The van der Waals surface area contributed by atoms with E-state index in [0.717, 1.165) is 15.8 Å². The lowest BCUT2D eigenvalue weighted by Crippen LogP contribution is -2.31. The van der Waals surface area contributed by atoms with Crippen LogP contribution in [0, 0.1) is 0 Å². The Labute approximate surface area is 166 Å². The first kappa shape index (κ1) is 19.6. The Bertz CT molecular complexity index is 1000. The molecule has 3 rings (SSSR count). The van der Waals surface area contributed by atoms with Gasteiger partial charge in [0.1, 0.15) is 11.5 Å². The van der Waals surface area contributed by atoms with Gasteiger partial charge in [-0.15, -0.1) is 11.3 Å². The molecule has 2 aromatic carbocycles. The molecule has 1 atom stereocenters. The highest BCUT2D eigenvalue weighted by atomic mass is 32.1. The number of hydrogen-bond donors (Lipinski definition) is 1. The molecular formula is C20H20N2O5S. The van der Waals surface area contributed by atoms with Crippen molar-refractivity contribution in [2.24, 2.45) is 0 Å². The lowest BCUT2D eigenvalue weighted by Gasteiger charge is -2.18. The molecule has 0 aliphatic heterocycles. The second-order valence-corrected chi connectivity index (χ2v) is 6.89. The Kier molecular flexibility index (Phi) is 6.10. The minimum Gasteiger partial charge on any atom is -0.497 e. The van der Waals surface area contributed by atoms with Crippen LogP contribution >= 0.6 is 11.3 Å². The molecule has 0 bridgehead atoms. The van der Waals surface area contributed by atoms with Crippen molar-refractivity contribution in [2.75, 3.05) is 20.8 Å². The van der Waals surface area contributed by atoms with E-state index in [-0.39, 0.29) is 12.6 Å². The summed E-state index contributed by atoms with van der Waals surface area (Å²) in [6.45, 7) is 1.44. The van der Waals surface area contributed by atoms with Crippen molar-refractivity contribution in [1.82, 2.24) is 10.3 Å². The largest absolute Gasteiger partial charge is 0.497 e. The zero-order chi connectivity index (χ0) is 20.1. The number of fused-ring (bicyclic) bond motifs is 1. The third-order valence-electron chi connectivity index (χ3n) is 4.18. The van der Waals surface area contributed by atoms with Gasteiger partial charge in [-0.2, -0.15) is 0 Å². The van der Waals surface area contributed by atoms with Crippen molar-refractivity contribution >= 4 is 33.4 Å². The lowest BCUT2D eigenvalue weighted by molar-refractivity contribution is -0.124. The monoisotopic (exact) mass is 400 g/mol. The van der Waals surface area contributed by atoms with E-state index >= 15 is 0 Å². The number of hydrogen-bond acceptors (Lipinski definition) is 7. The van der Waals surface area contributed by atoms with Gasteiger partial charge in [0.05, 0.1) is 41.6 Å². The third kappa shape index (κ3) is 4.40. The normalized spacial score (nSPS) is 11.7. The van der Waals surface area contributed by atoms with Crippen molar-refractivity contribution < 1.29 is 23.8 Å². The lowest BCUT2D eigenvalue weighted by atomic mass is 10.1. The van der Waals surface area contributed by atoms with Crippen LogP contribution in [0.4, 0.5) is 0 Å². The van der Waals surface area contributed by atoms with Crippen LogP contribution in [0.25, 0.3) is 10.2 Å². The molecule has 0 aliphatic rings. The number of rotatable bonds is 7. The predicted molar refractivity (Wildman–Crippen MR) is 106 cm³/mol. The number of carbonyl (C=O) groups excluding carboxylic acids is 2. The molecule has 1 heterocycles. The van der Waals surface area contributed by atoms with Crippen LogP contribution in [0.15, 0.2) is 41.9 Å². The SMILES string of the molecule is COc1ccc(OC)c([C@H](C)NC(=O)COC(=O)c2ccc3ncsc3c2)c1. The fourth-order valence-corrected chi connectivity index (χ4v) is 3.45. The minimum absolute atomic E-state index is 0.357. The standard InChI is InChI=1S/C20H20N2O5S/c1-12(15-9-14(25-2)5-7-17(15)26-3)22-19(23)10-27-20(24)13-4-6-16-18(8-13)28-11-21-16/h4-9,11-12H,10H2,1-3H3,(H,22,23)/t12-/m0/s1. The Balaban J connectivity index is 1.60. The van der Waals surface area contributed by atoms with Crippen molar-refractivity contribution in [3.63, 3.8) is 0 Å². The number of methoxy groups -OCH3 is 2. The first-order valence-corrected chi connectivity index (χ1v) is 9.41. The summed E-state index contributed by atoms with van der Waals surface area (Å²) in [5.41, 5.74) is 3.67. The highest BCUT2D eigenvalue weighted by Gasteiger charge is 2.17. The summed E-state index contributed by atoms with van der Waals surface area (Å²) < 4.78 is 16.6. The first-order valence-electron chi connectivity index (χ1n) is 8.53. The van der Waals surface area contributed by atoms with Crippen LogP contribution in [-0.2, 0) is 9.53 Å². The Morgan fingerprint density at radius 1 is 1.14 bits per heavy atom. The molecule has 0 spiro atoms. The smallest absolute Gasteiger partial charge is 0.338 e. The number of esters is 1. The van der Waals surface area contributed by atoms with Crippen LogP contribution < -0.4 is 14.8 Å². The van der Waals surface area contributed by atoms with Crippen LogP contribution in [0.5, 0.6) is 11.5 Å². The maximum absolute atomic E-state index is 12.2. The van der Waals surface area contributed by atoms with Gasteiger partial charge in [0.2, 0.25) is 0 Å². The summed E-state index contributed by atoms with van der Waals surface area (Å²) in [6, 6.07) is 10.1.